The Morgan fingerprint density at radius 2 is 2.44 bits per heavy atom. The molecule has 0 unspecified atom stereocenters. The van der Waals surface area contributed by atoms with E-state index in [1.54, 1.807) is 18.2 Å². The standard InChI is InChI=1S/C12H15ClN2O3/c13-9-1-2-11(10(5-9)15-12(14)16)18-7-8-3-4-17-6-8/h1-2,5,8H,3-4,6-7H2,(H3,14,15,16)/t8-/m0/s1. The predicted octanol–water partition coefficient (Wildman–Crippen LogP) is 2.25. The van der Waals surface area contributed by atoms with Crippen molar-refractivity contribution in [3.8, 4) is 5.75 Å². The minimum absolute atomic E-state index is 0.391. The van der Waals surface area contributed by atoms with Crippen molar-refractivity contribution in [1.82, 2.24) is 0 Å². The number of hydrogen-bond acceptors (Lipinski definition) is 3. The Labute approximate surface area is 110 Å². The van der Waals surface area contributed by atoms with Crippen molar-refractivity contribution >= 4 is 23.3 Å². The number of amides is 2. The van der Waals surface area contributed by atoms with Crippen LogP contribution in [0.4, 0.5) is 10.5 Å². The normalized spacial score (nSPS) is 18.6. The fourth-order valence-electron chi connectivity index (χ4n) is 1.78. The number of halogens is 1. The summed E-state index contributed by atoms with van der Waals surface area (Å²) in [6, 6.07) is 4.37. The van der Waals surface area contributed by atoms with Crippen molar-refractivity contribution in [1.29, 1.82) is 0 Å². The molecule has 1 atom stereocenters. The second kappa shape index (κ2) is 5.93. The van der Waals surface area contributed by atoms with Crippen LogP contribution in [0.2, 0.25) is 5.02 Å². The van der Waals surface area contributed by atoms with Crippen LogP contribution in [0.15, 0.2) is 18.2 Å². The zero-order valence-electron chi connectivity index (χ0n) is 9.82. The van der Waals surface area contributed by atoms with Crippen molar-refractivity contribution in [2.45, 2.75) is 6.42 Å². The lowest BCUT2D eigenvalue weighted by Gasteiger charge is -2.14. The van der Waals surface area contributed by atoms with Gasteiger partial charge in [0.2, 0.25) is 0 Å². The van der Waals surface area contributed by atoms with Crippen molar-refractivity contribution in [3.63, 3.8) is 0 Å². The van der Waals surface area contributed by atoms with E-state index in [1.165, 1.54) is 0 Å². The summed E-state index contributed by atoms with van der Waals surface area (Å²) in [7, 11) is 0. The van der Waals surface area contributed by atoms with Gasteiger partial charge in [0.25, 0.3) is 0 Å². The number of ether oxygens (including phenoxy) is 2. The Kier molecular flexibility index (Phi) is 4.28. The topological polar surface area (TPSA) is 73.6 Å². The molecule has 1 aromatic rings. The highest BCUT2D eigenvalue weighted by atomic mass is 35.5. The summed E-state index contributed by atoms with van der Waals surface area (Å²) >= 11 is 5.86. The number of nitrogens with one attached hydrogen (secondary N) is 1. The average Bonchev–Trinajstić information content (AvgIpc) is 2.80. The van der Waals surface area contributed by atoms with Crippen LogP contribution in [0.25, 0.3) is 0 Å². The molecular formula is C12H15ClN2O3. The third-order valence-corrected chi connectivity index (χ3v) is 2.93. The third-order valence-electron chi connectivity index (χ3n) is 2.70. The monoisotopic (exact) mass is 270 g/mol. The van der Waals surface area contributed by atoms with Crippen LogP contribution in [-0.4, -0.2) is 25.9 Å². The smallest absolute Gasteiger partial charge is 0.316 e. The van der Waals surface area contributed by atoms with Gasteiger partial charge in [-0.25, -0.2) is 4.79 Å². The van der Waals surface area contributed by atoms with Crippen LogP contribution in [0.1, 0.15) is 6.42 Å². The van der Waals surface area contributed by atoms with Crippen LogP contribution in [-0.2, 0) is 4.74 Å². The van der Waals surface area contributed by atoms with Crippen molar-refractivity contribution in [2.75, 3.05) is 25.1 Å². The maximum absolute atomic E-state index is 10.9. The number of primary amides is 1. The van der Waals surface area contributed by atoms with E-state index in [4.69, 9.17) is 26.8 Å². The number of anilines is 1. The second-order valence-corrected chi connectivity index (χ2v) is 4.61. The van der Waals surface area contributed by atoms with Crippen molar-refractivity contribution < 1.29 is 14.3 Å². The fraction of sp³-hybridized carbons (Fsp3) is 0.417. The van der Waals surface area contributed by atoms with Gasteiger partial charge in [-0.1, -0.05) is 11.6 Å². The van der Waals surface area contributed by atoms with E-state index >= 15 is 0 Å². The molecule has 1 aliphatic heterocycles. The van der Waals surface area contributed by atoms with E-state index < -0.39 is 6.03 Å². The van der Waals surface area contributed by atoms with Gasteiger partial charge in [-0.3, -0.25) is 0 Å². The van der Waals surface area contributed by atoms with Crippen LogP contribution in [0.5, 0.6) is 5.75 Å². The number of rotatable bonds is 4. The molecule has 6 heteroatoms. The summed E-state index contributed by atoms with van der Waals surface area (Å²) in [6.07, 6.45) is 0.992. The van der Waals surface area contributed by atoms with E-state index in [-0.39, 0.29) is 0 Å². The van der Waals surface area contributed by atoms with Crippen LogP contribution < -0.4 is 15.8 Å². The van der Waals surface area contributed by atoms with Crippen molar-refractivity contribution in [3.05, 3.63) is 23.2 Å². The lowest BCUT2D eigenvalue weighted by atomic mass is 10.1. The molecule has 3 N–H and O–H groups in total. The molecule has 0 bridgehead atoms. The van der Waals surface area contributed by atoms with Crippen molar-refractivity contribution in [2.24, 2.45) is 11.7 Å². The van der Waals surface area contributed by atoms with E-state index in [2.05, 4.69) is 5.32 Å². The maximum Gasteiger partial charge on any atom is 0.316 e. The molecule has 18 heavy (non-hydrogen) atoms. The SMILES string of the molecule is NC(=O)Nc1cc(Cl)ccc1OC[C@H]1CCOC1. The van der Waals surface area contributed by atoms with E-state index in [1.807, 2.05) is 0 Å². The molecule has 98 valence electrons. The Morgan fingerprint density at radius 3 is 3.11 bits per heavy atom. The summed E-state index contributed by atoms with van der Waals surface area (Å²) in [4.78, 5) is 10.9. The molecule has 1 heterocycles. The maximum atomic E-state index is 10.9. The van der Waals surface area contributed by atoms with Gasteiger partial charge in [0.15, 0.2) is 0 Å². The Morgan fingerprint density at radius 1 is 1.61 bits per heavy atom. The zero-order chi connectivity index (χ0) is 13.0. The van der Waals surface area contributed by atoms with Crippen LogP contribution in [0.3, 0.4) is 0 Å². The molecule has 0 spiro atoms. The number of carbonyl (C=O) groups is 1. The Hall–Kier alpha value is -1.46. The third kappa shape index (κ3) is 3.51. The molecule has 1 aromatic carbocycles. The lowest BCUT2D eigenvalue weighted by molar-refractivity contribution is 0.167. The molecule has 1 aliphatic rings. The summed E-state index contributed by atoms with van der Waals surface area (Å²) in [5.74, 6) is 0.951. The predicted molar refractivity (Wildman–Crippen MR) is 69.1 cm³/mol. The average molecular weight is 271 g/mol. The molecular weight excluding hydrogens is 256 g/mol. The highest BCUT2D eigenvalue weighted by Gasteiger charge is 2.17. The first-order valence-corrected chi connectivity index (χ1v) is 6.09. The van der Waals surface area contributed by atoms with Gasteiger partial charge in [-0.2, -0.15) is 0 Å². The molecule has 0 aromatic heterocycles. The minimum Gasteiger partial charge on any atom is -0.491 e. The van der Waals surface area contributed by atoms with E-state index in [0.717, 1.165) is 13.0 Å². The lowest BCUT2D eigenvalue weighted by Crippen LogP contribution is -2.20. The molecule has 1 fully saturated rings. The number of carbonyl (C=O) groups excluding carboxylic acids is 1. The summed E-state index contributed by atoms with van der Waals surface area (Å²) in [5.41, 5.74) is 5.57. The second-order valence-electron chi connectivity index (χ2n) is 4.17. The number of nitrogens with two attached hydrogens (primary N) is 1. The van der Waals surface area contributed by atoms with E-state index in [0.29, 0.717) is 35.6 Å². The summed E-state index contributed by atoms with van der Waals surface area (Å²) < 4.78 is 10.9. The Bertz CT molecular complexity index is 433. The molecule has 0 saturated carbocycles. The van der Waals surface area contributed by atoms with Gasteiger partial charge in [0.05, 0.1) is 18.9 Å². The first-order chi connectivity index (χ1) is 8.65. The molecule has 1 saturated heterocycles. The molecule has 5 nitrogen and oxygen atoms in total. The first kappa shape index (κ1) is 13.0. The number of urea groups is 1. The van der Waals surface area contributed by atoms with Gasteiger partial charge >= 0.3 is 6.03 Å². The molecule has 0 aliphatic carbocycles. The minimum atomic E-state index is -0.647. The molecule has 2 rings (SSSR count). The zero-order valence-corrected chi connectivity index (χ0v) is 10.6. The largest absolute Gasteiger partial charge is 0.491 e. The van der Waals surface area contributed by atoms with Crippen LogP contribution >= 0.6 is 11.6 Å². The van der Waals surface area contributed by atoms with Gasteiger partial charge < -0.3 is 20.5 Å². The highest BCUT2D eigenvalue weighted by molar-refractivity contribution is 6.31. The van der Waals surface area contributed by atoms with E-state index in [9.17, 15) is 4.79 Å². The van der Waals surface area contributed by atoms with Gasteiger partial charge in [0, 0.05) is 17.5 Å². The van der Waals surface area contributed by atoms with Crippen LogP contribution in [0, 0.1) is 5.92 Å². The quantitative estimate of drug-likeness (QED) is 0.881. The first-order valence-electron chi connectivity index (χ1n) is 5.71. The summed E-state index contributed by atoms with van der Waals surface area (Å²) in [6.45, 7) is 2.04. The highest BCUT2D eigenvalue weighted by Crippen LogP contribution is 2.28. The van der Waals surface area contributed by atoms with Gasteiger partial charge in [0.1, 0.15) is 5.75 Å². The number of hydrogen-bond donors (Lipinski definition) is 2. The number of benzene rings is 1. The van der Waals surface area contributed by atoms with Gasteiger partial charge in [-0.15, -0.1) is 0 Å². The molecule has 2 amide bonds. The fourth-order valence-corrected chi connectivity index (χ4v) is 1.95. The molecule has 0 radical (unpaired) electrons. The van der Waals surface area contributed by atoms with Gasteiger partial charge in [-0.05, 0) is 24.6 Å². The summed E-state index contributed by atoms with van der Waals surface area (Å²) in [5, 5.41) is 3.00. The Balaban J connectivity index is 2.03.